The second-order valence-corrected chi connectivity index (χ2v) is 5.60. The van der Waals surface area contributed by atoms with Gasteiger partial charge in [-0.1, -0.05) is 25.1 Å². The Morgan fingerprint density at radius 1 is 1.70 bits per heavy atom. The average Bonchev–Trinajstić information content (AvgIpc) is 2.46. The fraction of sp³-hybridized carbons (Fsp3) is 0.778. The van der Waals surface area contributed by atoms with Gasteiger partial charge in [-0.25, -0.2) is 0 Å². The lowest BCUT2D eigenvalue weighted by Crippen LogP contribution is -2.11. The highest BCUT2D eigenvalue weighted by atomic mass is 28.2. The standard InChI is InChI=1S/C9H14Si/c1-2-10-9-5-3-8(7-9)4-6-9/h3,5,8H,2,4,6-7H2,1H3. The predicted octanol–water partition coefficient (Wildman–Crippen LogP) is 2.66. The highest BCUT2D eigenvalue weighted by molar-refractivity contribution is 6.41. The van der Waals surface area contributed by atoms with Crippen molar-refractivity contribution in [2.75, 3.05) is 0 Å². The molecule has 0 spiro atoms. The molecule has 2 bridgehead atoms. The SMILES string of the molecule is CC[Si]C12C=CC(CC1)C2. The van der Waals surface area contributed by atoms with Crippen LogP contribution in [0.1, 0.15) is 26.2 Å². The maximum atomic E-state index is 2.50. The van der Waals surface area contributed by atoms with Gasteiger partial charge in [-0.15, -0.1) is 0 Å². The smallest absolute Gasteiger partial charge is 0.0506 e. The van der Waals surface area contributed by atoms with E-state index in [-0.39, 0.29) is 0 Å². The molecule has 1 fully saturated rings. The lowest BCUT2D eigenvalue weighted by molar-refractivity contribution is 0.697. The molecule has 1 saturated carbocycles. The molecule has 0 aromatic carbocycles. The van der Waals surface area contributed by atoms with Crippen molar-refractivity contribution in [3.8, 4) is 0 Å². The first-order valence-electron chi connectivity index (χ1n) is 4.29. The van der Waals surface area contributed by atoms with E-state index in [4.69, 9.17) is 0 Å². The fourth-order valence-corrected chi connectivity index (χ4v) is 3.97. The highest BCUT2D eigenvalue weighted by Gasteiger charge is 2.39. The van der Waals surface area contributed by atoms with Gasteiger partial charge in [-0.3, -0.25) is 0 Å². The van der Waals surface area contributed by atoms with Gasteiger partial charge in [-0.2, -0.15) is 0 Å². The van der Waals surface area contributed by atoms with Crippen molar-refractivity contribution in [2.45, 2.75) is 37.3 Å². The molecule has 0 N–H and O–H groups in total. The predicted molar refractivity (Wildman–Crippen MR) is 45.4 cm³/mol. The summed E-state index contributed by atoms with van der Waals surface area (Å²) in [5.41, 5.74) is 0. The van der Waals surface area contributed by atoms with Gasteiger partial charge in [0.05, 0.1) is 9.52 Å². The van der Waals surface area contributed by atoms with Crippen molar-refractivity contribution >= 4 is 9.52 Å². The zero-order chi connectivity index (χ0) is 7.03. The van der Waals surface area contributed by atoms with Crippen molar-refractivity contribution in [1.29, 1.82) is 0 Å². The zero-order valence-electron chi connectivity index (χ0n) is 6.56. The van der Waals surface area contributed by atoms with Crippen LogP contribution in [0.4, 0.5) is 0 Å². The number of rotatable bonds is 2. The second kappa shape index (κ2) is 2.23. The van der Waals surface area contributed by atoms with Crippen molar-refractivity contribution in [2.24, 2.45) is 5.92 Å². The molecule has 2 aliphatic carbocycles. The van der Waals surface area contributed by atoms with Crippen LogP contribution in [0.2, 0.25) is 11.1 Å². The van der Waals surface area contributed by atoms with E-state index in [1.54, 1.807) is 0 Å². The third-order valence-electron chi connectivity index (χ3n) is 2.80. The molecule has 1 heteroatoms. The van der Waals surface area contributed by atoms with E-state index < -0.39 is 0 Å². The van der Waals surface area contributed by atoms with Gasteiger partial charge in [0, 0.05) is 0 Å². The first-order chi connectivity index (χ1) is 4.85. The maximum Gasteiger partial charge on any atom is 0.0506 e. The van der Waals surface area contributed by atoms with Crippen LogP contribution >= 0.6 is 0 Å². The van der Waals surface area contributed by atoms with Crippen LogP contribution in [0.15, 0.2) is 12.2 Å². The van der Waals surface area contributed by atoms with Gasteiger partial charge >= 0.3 is 0 Å². The van der Waals surface area contributed by atoms with Crippen molar-refractivity contribution < 1.29 is 0 Å². The van der Waals surface area contributed by atoms with Crippen LogP contribution in [0.5, 0.6) is 0 Å². The lowest BCUT2D eigenvalue weighted by atomic mass is 10.1. The normalized spacial score (nSPS) is 43.1. The van der Waals surface area contributed by atoms with Gasteiger partial charge in [-0.05, 0) is 30.2 Å². The third-order valence-corrected chi connectivity index (χ3v) is 4.48. The van der Waals surface area contributed by atoms with Crippen molar-refractivity contribution in [3.05, 3.63) is 12.2 Å². The molecular weight excluding hydrogens is 136 g/mol. The summed E-state index contributed by atoms with van der Waals surface area (Å²) in [4.78, 5) is 0. The number of fused-ring (bicyclic) bond motifs is 2. The molecule has 10 heavy (non-hydrogen) atoms. The lowest BCUT2D eigenvalue weighted by Gasteiger charge is -2.20. The Morgan fingerprint density at radius 3 is 3.00 bits per heavy atom. The number of hydrogen-bond donors (Lipinski definition) is 0. The molecule has 2 aliphatic rings. The maximum absolute atomic E-state index is 2.50. The van der Waals surface area contributed by atoms with E-state index in [0.29, 0.717) is 5.04 Å². The van der Waals surface area contributed by atoms with Gasteiger partial charge < -0.3 is 0 Å². The Morgan fingerprint density at radius 2 is 2.60 bits per heavy atom. The Kier molecular flexibility index (Phi) is 1.48. The molecule has 2 rings (SSSR count). The average molecular weight is 150 g/mol. The minimum absolute atomic E-state index is 0.708. The van der Waals surface area contributed by atoms with E-state index in [2.05, 4.69) is 19.1 Å². The molecule has 0 heterocycles. The summed E-state index contributed by atoms with van der Waals surface area (Å²) in [6.07, 6.45) is 9.40. The number of hydrogen-bond acceptors (Lipinski definition) is 0. The van der Waals surface area contributed by atoms with E-state index >= 15 is 0 Å². The summed E-state index contributed by atoms with van der Waals surface area (Å²) in [7, 11) is 1.19. The molecular formula is C9H14Si. The monoisotopic (exact) mass is 150 g/mol. The van der Waals surface area contributed by atoms with Crippen molar-refractivity contribution in [3.63, 3.8) is 0 Å². The minimum Gasteiger partial charge on any atom is -0.0853 e. The van der Waals surface area contributed by atoms with Gasteiger partial charge in [0.15, 0.2) is 0 Å². The first kappa shape index (κ1) is 6.65. The molecule has 0 nitrogen and oxygen atoms in total. The summed E-state index contributed by atoms with van der Waals surface area (Å²) in [5.74, 6) is 0.971. The molecule has 2 unspecified atom stereocenters. The molecule has 2 radical (unpaired) electrons. The highest BCUT2D eigenvalue weighted by Crippen LogP contribution is 2.54. The van der Waals surface area contributed by atoms with E-state index in [0.717, 1.165) is 5.92 Å². The van der Waals surface area contributed by atoms with Gasteiger partial charge in [0.1, 0.15) is 0 Å². The Hall–Kier alpha value is -0.0431. The van der Waals surface area contributed by atoms with Crippen LogP contribution < -0.4 is 0 Å². The Balaban J connectivity index is 2.09. The van der Waals surface area contributed by atoms with E-state index in [9.17, 15) is 0 Å². The summed E-state index contributed by atoms with van der Waals surface area (Å²) >= 11 is 0. The van der Waals surface area contributed by atoms with E-state index in [1.807, 2.05) is 0 Å². The quantitative estimate of drug-likeness (QED) is 0.419. The topological polar surface area (TPSA) is 0 Å². The molecule has 0 aromatic rings. The largest absolute Gasteiger partial charge is 0.0853 e. The van der Waals surface area contributed by atoms with Crippen LogP contribution in [-0.4, -0.2) is 9.52 Å². The van der Waals surface area contributed by atoms with Crippen LogP contribution in [0, 0.1) is 5.92 Å². The second-order valence-electron chi connectivity index (χ2n) is 3.55. The molecule has 54 valence electrons. The van der Waals surface area contributed by atoms with Crippen molar-refractivity contribution in [1.82, 2.24) is 0 Å². The Bertz CT molecular complexity index is 162. The van der Waals surface area contributed by atoms with Crippen LogP contribution in [-0.2, 0) is 0 Å². The Labute approximate surface area is 65.5 Å². The first-order valence-corrected chi connectivity index (χ1v) is 5.50. The van der Waals surface area contributed by atoms with Crippen LogP contribution in [0.25, 0.3) is 0 Å². The van der Waals surface area contributed by atoms with Crippen LogP contribution in [0.3, 0.4) is 0 Å². The summed E-state index contributed by atoms with van der Waals surface area (Å²) in [6.45, 7) is 2.31. The molecule has 0 amide bonds. The molecule has 0 saturated heterocycles. The molecule has 0 aromatic heterocycles. The molecule has 2 atom stereocenters. The van der Waals surface area contributed by atoms with Gasteiger partial charge in [0.25, 0.3) is 0 Å². The fourth-order valence-electron chi connectivity index (χ4n) is 2.32. The third kappa shape index (κ3) is 0.877. The summed E-state index contributed by atoms with van der Waals surface area (Å²) < 4.78 is 0. The summed E-state index contributed by atoms with van der Waals surface area (Å²) in [6, 6.07) is 1.39. The summed E-state index contributed by atoms with van der Waals surface area (Å²) in [5, 5.41) is 0.708. The molecule has 0 aliphatic heterocycles. The zero-order valence-corrected chi connectivity index (χ0v) is 7.56. The van der Waals surface area contributed by atoms with E-state index in [1.165, 1.54) is 34.8 Å². The van der Waals surface area contributed by atoms with Gasteiger partial charge in [0.2, 0.25) is 0 Å². The minimum atomic E-state index is 0.708. The number of allylic oxidation sites excluding steroid dienone is 2.